The summed E-state index contributed by atoms with van der Waals surface area (Å²) in [5, 5.41) is 0.162. The van der Waals surface area contributed by atoms with Crippen molar-refractivity contribution in [2.24, 2.45) is 0 Å². The third kappa shape index (κ3) is 4.09. The van der Waals surface area contributed by atoms with Crippen LogP contribution in [0.1, 0.15) is 18.4 Å². The number of rotatable bonds is 6. The van der Waals surface area contributed by atoms with Gasteiger partial charge in [-0.25, -0.2) is 9.37 Å². The Balaban J connectivity index is 1.43. The molecule has 4 aromatic rings. The van der Waals surface area contributed by atoms with Crippen LogP contribution in [-0.4, -0.2) is 29.1 Å². The highest BCUT2D eigenvalue weighted by Crippen LogP contribution is 2.25. The molecule has 3 heterocycles. The van der Waals surface area contributed by atoms with E-state index in [2.05, 4.69) is 22.0 Å². The molecule has 5 rings (SSSR count). The van der Waals surface area contributed by atoms with Crippen molar-refractivity contribution in [3.63, 3.8) is 0 Å². The molecule has 33 heavy (non-hydrogen) atoms. The summed E-state index contributed by atoms with van der Waals surface area (Å²) in [4.78, 5) is 30.2. The van der Waals surface area contributed by atoms with Gasteiger partial charge in [-0.15, -0.1) is 0 Å². The van der Waals surface area contributed by atoms with E-state index >= 15 is 0 Å². The monoisotopic (exact) mass is 443 g/mol. The number of nitrogens with zero attached hydrogens (tertiary/aromatic N) is 3. The van der Waals surface area contributed by atoms with Crippen molar-refractivity contribution in [1.29, 1.82) is 0 Å². The highest BCUT2D eigenvalue weighted by Gasteiger charge is 2.15. The number of hydrogen-bond donors (Lipinski definition) is 0. The molecule has 1 saturated heterocycles. The zero-order valence-corrected chi connectivity index (χ0v) is 17.9. The zero-order valence-electron chi connectivity index (χ0n) is 17.9. The van der Waals surface area contributed by atoms with Gasteiger partial charge in [0.2, 0.25) is 5.43 Å². The first-order valence-electron chi connectivity index (χ1n) is 10.9. The van der Waals surface area contributed by atoms with E-state index in [1.54, 1.807) is 4.57 Å². The fourth-order valence-electron chi connectivity index (χ4n) is 4.34. The number of carbonyl (C=O) groups is 1. The lowest BCUT2D eigenvalue weighted by Crippen LogP contribution is -2.18. The van der Waals surface area contributed by atoms with Crippen LogP contribution in [0.3, 0.4) is 0 Å². The van der Waals surface area contributed by atoms with E-state index in [-0.39, 0.29) is 23.1 Å². The molecule has 2 aromatic heterocycles. The Labute approximate surface area is 189 Å². The van der Waals surface area contributed by atoms with Gasteiger partial charge in [-0.05, 0) is 48.2 Å². The summed E-state index contributed by atoms with van der Waals surface area (Å²) in [6.07, 6.45) is 5.68. The normalized spacial score (nSPS) is 13.4. The Morgan fingerprint density at radius 1 is 1.00 bits per heavy atom. The lowest BCUT2D eigenvalue weighted by molar-refractivity contribution is -0.120. The molecule has 1 aliphatic heterocycles. The minimum Gasteiger partial charge on any atom is -0.423 e. The van der Waals surface area contributed by atoms with E-state index in [4.69, 9.17) is 4.74 Å². The summed E-state index contributed by atoms with van der Waals surface area (Å²) in [7, 11) is 0. The topological polar surface area (TPSA) is 64.4 Å². The maximum Gasteiger partial charge on any atom is 0.298 e. The van der Waals surface area contributed by atoms with Crippen LogP contribution in [0.4, 0.5) is 10.2 Å². The molecule has 0 unspecified atom stereocenters. The number of para-hydroxylation sites is 1. The average Bonchev–Trinajstić information content (AvgIpc) is 3.38. The van der Waals surface area contributed by atoms with Gasteiger partial charge in [-0.2, -0.15) is 0 Å². The summed E-state index contributed by atoms with van der Waals surface area (Å²) in [5.41, 5.74) is 2.61. The van der Waals surface area contributed by atoms with E-state index in [0.717, 1.165) is 35.6 Å². The minimum atomic E-state index is -0.520. The summed E-state index contributed by atoms with van der Waals surface area (Å²) in [6.45, 7) is 2.62. The van der Waals surface area contributed by atoms with Crippen molar-refractivity contribution in [2.75, 3.05) is 18.0 Å². The predicted octanol–water partition coefficient (Wildman–Crippen LogP) is 4.39. The smallest absolute Gasteiger partial charge is 0.298 e. The van der Waals surface area contributed by atoms with Crippen molar-refractivity contribution in [2.45, 2.75) is 19.4 Å². The third-order valence-corrected chi connectivity index (χ3v) is 6.01. The second kappa shape index (κ2) is 8.86. The first kappa shape index (κ1) is 20.9. The summed E-state index contributed by atoms with van der Waals surface area (Å²) in [6, 6.07) is 16.3. The first-order chi connectivity index (χ1) is 16.1. The van der Waals surface area contributed by atoms with Gasteiger partial charge in [0, 0.05) is 31.4 Å². The lowest BCUT2D eigenvalue weighted by atomic mass is 10.1. The Hall–Kier alpha value is -4.00. The molecule has 0 saturated carbocycles. The van der Waals surface area contributed by atoms with Gasteiger partial charge in [-0.3, -0.25) is 9.59 Å². The van der Waals surface area contributed by atoms with Crippen LogP contribution in [-0.2, 0) is 11.3 Å². The van der Waals surface area contributed by atoms with Gasteiger partial charge < -0.3 is 14.2 Å². The molecule has 0 aliphatic carbocycles. The van der Waals surface area contributed by atoms with Crippen molar-refractivity contribution in [1.82, 2.24) is 9.55 Å². The van der Waals surface area contributed by atoms with E-state index in [0.29, 0.717) is 6.54 Å². The average molecular weight is 443 g/mol. The van der Waals surface area contributed by atoms with Crippen LogP contribution >= 0.6 is 0 Å². The number of pyridine rings is 2. The Morgan fingerprint density at radius 3 is 2.45 bits per heavy atom. The maximum atomic E-state index is 14.6. The van der Waals surface area contributed by atoms with Crippen molar-refractivity contribution in [3.05, 3.63) is 88.6 Å². The van der Waals surface area contributed by atoms with Crippen LogP contribution in [0.25, 0.3) is 22.0 Å². The lowest BCUT2D eigenvalue weighted by Gasteiger charge is -2.16. The highest BCUT2D eigenvalue weighted by molar-refractivity contribution is 5.81. The molecule has 0 radical (unpaired) electrons. The fourth-order valence-corrected chi connectivity index (χ4v) is 4.34. The van der Waals surface area contributed by atoms with Crippen LogP contribution in [0, 0.1) is 5.82 Å². The van der Waals surface area contributed by atoms with Gasteiger partial charge in [-0.1, -0.05) is 30.3 Å². The number of benzene rings is 2. The van der Waals surface area contributed by atoms with Gasteiger partial charge >= 0.3 is 0 Å². The summed E-state index contributed by atoms with van der Waals surface area (Å²) >= 11 is 0. The van der Waals surface area contributed by atoms with E-state index in [9.17, 15) is 14.0 Å². The number of carbonyl (C=O) groups excluding carboxylic acids is 1. The Morgan fingerprint density at radius 2 is 1.76 bits per heavy atom. The number of hydrogen-bond acceptors (Lipinski definition) is 5. The van der Waals surface area contributed by atoms with Crippen LogP contribution in [0.15, 0.2) is 71.8 Å². The standard InChI is InChI=1S/C26H22FN3O3/c27-22-5-3-4-21-25(22)30(16-23(26(21)32)33-17-31)15-18-6-8-19(9-7-18)20-10-11-24(28-14-20)29-12-1-2-13-29/h3-11,14,16-17H,1-2,12-13,15H2. The molecule has 0 N–H and O–H groups in total. The maximum absolute atomic E-state index is 14.6. The number of ether oxygens (including phenoxy) is 1. The van der Waals surface area contributed by atoms with E-state index in [1.165, 1.54) is 37.2 Å². The van der Waals surface area contributed by atoms with Gasteiger partial charge in [0.25, 0.3) is 6.47 Å². The largest absolute Gasteiger partial charge is 0.423 e. The number of aromatic nitrogens is 2. The number of fused-ring (bicyclic) bond motifs is 1. The summed E-state index contributed by atoms with van der Waals surface area (Å²) < 4.78 is 21.0. The molecular weight excluding hydrogens is 421 g/mol. The zero-order chi connectivity index (χ0) is 22.8. The molecule has 0 spiro atoms. The number of halogens is 1. The van der Waals surface area contributed by atoms with Gasteiger partial charge in [0.15, 0.2) is 5.75 Å². The fraction of sp³-hybridized carbons (Fsp3) is 0.192. The Bertz CT molecular complexity index is 1360. The molecule has 0 amide bonds. The van der Waals surface area contributed by atoms with Crippen LogP contribution in [0.2, 0.25) is 0 Å². The second-order valence-electron chi connectivity index (χ2n) is 8.10. The predicted molar refractivity (Wildman–Crippen MR) is 125 cm³/mol. The minimum absolute atomic E-state index is 0.135. The molecule has 6 nitrogen and oxygen atoms in total. The molecule has 1 fully saturated rings. The van der Waals surface area contributed by atoms with Gasteiger partial charge in [0.05, 0.1) is 17.1 Å². The first-order valence-corrected chi connectivity index (χ1v) is 10.9. The van der Waals surface area contributed by atoms with Crippen LogP contribution < -0.4 is 15.1 Å². The molecular formula is C26H22FN3O3. The molecule has 0 bridgehead atoms. The quantitative estimate of drug-likeness (QED) is 0.414. The SMILES string of the molecule is O=COc1cn(Cc2ccc(-c3ccc(N4CCCC4)nc3)cc2)c2c(F)cccc2c1=O. The molecule has 0 atom stereocenters. The van der Waals surface area contributed by atoms with Crippen molar-refractivity contribution in [3.8, 4) is 16.9 Å². The highest BCUT2D eigenvalue weighted by atomic mass is 19.1. The van der Waals surface area contributed by atoms with E-state index < -0.39 is 11.2 Å². The Kier molecular flexibility index (Phi) is 5.60. The molecule has 2 aromatic carbocycles. The van der Waals surface area contributed by atoms with Crippen LogP contribution in [0.5, 0.6) is 5.75 Å². The number of anilines is 1. The van der Waals surface area contributed by atoms with Crippen molar-refractivity contribution >= 4 is 23.2 Å². The second-order valence-corrected chi connectivity index (χ2v) is 8.10. The summed E-state index contributed by atoms with van der Waals surface area (Å²) in [5.74, 6) is 0.361. The van der Waals surface area contributed by atoms with E-state index in [1.807, 2.05) is 30.5 Å². The molecule has 166 valence electrons. The molecule has 7 heteroatoms. The third-order valence-electron chi connectivity index (χ3n) is 6.01. The molecule has 1 aliphatic rings. The van der Waals surface area contributed by atoms with Crippen molar-refractivity contribution < 1.29 is 13.9 Å². The van der Waals surface area contributed by atoms with Gasteiger partial charge in [0.1, 0.15) is 11.6 Å².